The molecule has 7 nitrogen and oxygen atoms in total. The molecule has 134 valence electrons. The molecule has 4 rings (SSSR count). The Kier molecular flexibility index (Phi) is 4.88. The van der Waals surface area contributed by atoms with E-state index in [4.69, 9.17) is 4.98 Å². The normalized spacial score (nSPS) is 18.0. The molecule has 0 spiro atoms. The van der Waals surface area contributed by atoms with E-state index in [1.54, 1.807) is 12.4 Å². The van der Waals surface area contributed by atoms with Crippen molar-refractivity contribution in [2.75, 3.05) is 11.9 Å². The van der Waals surface area contributed by atoms with Gasteiger partial charge in [0.1, 0.15) is 23.3 Å². The third kappa shape index (κ3) is 3.88. The highest BCUT2D eigenvalue weighted by atomic mass is 15.2. The lowest BCUT2D eigenvalue weighted by Crippen LogP contribution is -2.34. The molecule has 3 aromatic rings. The van der Waals surface area contributed by atoms with E-state index in [1.165, 1.54) is 12.8 Å². The third-order valence-corrected chi connectivity index (χ3v) is 4.64. The first kappa shape index (κ1) is 16.7. The van der Waals surface area contributed by atoms with Crippen molar-refractivity contribution in [3.63, 3.8) is 0 Å². The highest BCUT2D eigenvalue weighted by Crippen LogP contribution is 2.32. The number of hydrogen-bond acceptors (Lipinski definition) is 6. The molecule has 0 amide bonds. The van der Waals surface area contributed by atoms with Crippen LogP contribution in [-0.2, 0) is 6.54 Å². The Morgan fingerprint density at radius 2 is 2.12 bits per heavy atom. The number of nitrogens with zero attached hydrogens (tertiary/aromatic N) is 5. The average Bonchev–Trinajstić information content (AvgIpc) is 3.16. The summed E-state index contributed by atoms with van der Waals surface area (Å²) in [5, 5.41) is 3.29. The van der Waals surface area contributed by atoms with E-state index in [2.05, 4.69) is 30.2 Å². The first-order valence-corrected chi connectivity index (χ1v) is 9.04. The molecule has 0 aliphatic carbocycles. The lowest BCUT2D eigenvalue weighted by Gasteiger charge is -2.34. The molecule has 4 heterocycles. The van der Waals surface area contributed by atoms with Gasteiger partial charge in [-0.15, -0.1) is 0 Å². The fraction of sp³-hybridized carbons (Fsp3) is 0.368. The minimum atomic E-state index is 0.278. The van der Waals surface area contributed by atoms with Crippen LogP contribution in [0.25, 0.3) is 0 Å². The number of aryl methyl sites for hydroxylation is 1. The van der Waals surface area contributed by atoms with Crippen LogP contribution >= 0.6 is 0 Å². The van der Waals surface area contributed by atoms with E-state index in [-0.39, 0.29) is 6.04 Å². The number of nitrogens with one attached hydrogen (secondary N) is 2. The van der Waals surface area contributed by atoms with Crippen LogP contribution in [0.1, 0.15) is 42.6 Å². The first-order chi connectivity index (χ1) is 12.8. The predicted molar refractivity (Wildman–Crippen MR) is 99.9 cm³/mol. The quantitative estimate of drug-likeness (QED) is 0.735. The third-order valence-electron chi connectivity index (χ3n) is 4.64. The number of H-pyrrole nitrogens is 1. The van der Waals surface area contributed by atoms with Crippen LogP contribution in [0, 0.1) is 6.92 Å². The molecule has 7 heteroatoms. The molecular weight excluding hydrogens is 326 g/mol. The molecule has 2 N–H and O–H groups in total. The molecule has 1 fully saturated rings. The largest absolute Gasteiger partial charge is 0.348 e. The fourth-order valence-electron chi connectivity index (χ4n) is 3.49. The number of aromatic amines is 1. The number of likely N-dealkylation sites (tertiary alicyclic amines) is 1. The minimum absolute atomic E-state index is 0.278. The van der Waals surface area contributed by atoms with Gasteiger partial charge in [-0.2, -0.15) is 0 Å². The molecule has 1 aliphatic rings. The zero-order valence-electron chi connectivity index (χ0n) is 14.9. The molecule has 0 saturated carbocycles. The highest BCUT2D eigenvalue weighted by molar-refractivity contribution is 5.51. The van der Waals surface area contributed by atoms with Gasteiger partial charge in [-0.25, -0.2) is 19.9 Å². The molecule has 26 heavy (non-hydrogen) atoms. The number of imidazole rings is 1. The van der Waals surface area contributed by atoms with Gasteiger partial charge in [0.05, 0.1) is 18.3 Å². The van der Waals surface area contributed by atoms with E-state index >= 15 is 0 Å². The van der Waals surface area contributed by atoms with Crippen LogP contribution in [0.3, 0.4) is 0 Å². The van der Waals surface area contributed by atoms with Gasteiger partial charge in [-0.1, -0.05) is 12.5 Å². The summed E-state index contributed by atoms with van der Waals surface area (Å²) in [5.41, 5.74) is 1.06. The molecule has 0 aromatic carbocycles. The Labute approximate surface area is 152 Å². The van der Waals surface area contributed by atoms with Crippen molar-refractivity contribution in [2.45, 2.75) is 38.8 Å². The van der Waals surface area contributed by atoms with Crippen LogP contribution in [-0.4, -0.2) is 36.4 Å². The van der Waals surface area contributed by atoms with Crippen molar-refractivity contribution in [2.24, 2.45) is 0 Å². The van der Waals surface area contributed by atoms with Gasteiger partial charge in [0.15, 0.2) is 0 Å². The summed E-state index contributed by atoms with van der Waals surface area (Å²) >= 11 is 0. The topological polar surface area (TPSA) is 82.6 Å². The predicted octanol–water partition coefficient (Wildman–Crippen LogP) is 3.37. The number of piperidine rings is 1. The monoisotopic (exact) mass is 349 g/mol. The lowest BCUT2D eigenvalue weighted by atomic mass is 9.99. The van der Waals surface area contributed by atoms with Crippen molar-refractivity contribution in [3.05, 3.63) is 60.2 Å². The van der Waals surface area contributed by atoms with Crippen molar-refractivity contribution in [3.8, 4) is 0 Å². The van der Waals surface area contributed by atoms with E-state index in [1.807, 2.05) is 37.4 Å². The number of anilines is 2. The SMILES string of the molecule is Cc1nc(Nc2ccccn2)cc(C2CCCCN2Cc2ncc[nH]2)n1. The summed E-state index contributed by atoms with van der Waals surface area (Å²) in [6.45, 7) is 3.80. The van der Waals surface area contributed by atoms with Crippen LogP contribution in [0.5, 0.6) is 0 Å². The molecule has 0 radical (unpaired) electrons. The average molecular weight is 349 g/mol. The van der Waals surface area contributed by atoms with Gasteiger partial charge in [-0.3, -0.25) is 4.90 Å². The first-order valence-electron chi connectivity index (χ1n) is 9.04. The molecular formula is C19H23N7. The zero-order valence-corrected chi connectivity index (χ0v) is 14.9. The van der Waals surface area contributed by atoms with Gasteiger partial charge < -0.3 is 10.3 Å². The maximum Gasteiger partial charge on any atom is 0.135 e. The second kappa shape index (κ2) is 7.61. The van der Waals surface area contributed by atoms with Crippen molar-refractivity contribution < 1.29 is 0 Å². The molecule has 1 aliphatic heterocycles. The second-order valence-corrected chi connectivity index (χ2v) is 6.58. The Balaban J connectivity index is 1.58. The maximum absolute atomic E-state index is 4.73. The Morgan fingerprint density at radius 1 is 1.15 bits per heavy atom. The van der Waals surface area contributed by atoms with Gasteiger partial charge in [0.2, 0.25) is 0 Å². The van der Waals surface area contributed by atoms with Crippen molar-refractivity contribution in [1.29, 1.82) is 0 Å². The van der Waals surface area contributed by atoms with Gasteiger partial charge in [0.25, 0.3) is 0 Å². The van der Waals surface area contributed by atoms with Crippen LogP contribution in [0.4, 0.5) is 11.6 Å². The van der Waals surface area contributed by atoms with E-state index < -0.39 is 0 Å². The van der Waals surface area contributed by atoms with Crippen LogP contribution in [0.2, 0.25) is 0 Å². The molecule has 3 aromatic heterocycles. The number of rotatable bonds is 5. The summed E-state index contributed by atoms with van der Waals surface area (Å²) in [6.07, 6.45) is 8.96. The summed E-state index contributed by atoms with van der Waals surface area (Å²) in [6, 6.07) is 8.11. The summed E-state index contributed by atoms with van der Waals surface area (Å²) < 4.78 is 0. The summed E-state index contributed by atoms with van der Waals surface area (Å²) in [4.78, 5) is 23.6. The number of aromatic nitrogens is 5. The second-order valence-electron chi connectivity index (χ2n) is 6.58. The summed E-state index contributed by atoms with van der Waals surface area (Å²) in [7, 11) is 0. The molecule has 1 unspecified atom stereocenters. The van der Waals surface area contributed by atoms with E-state index in [0.717, 1.165) is 48.5 Å². The number of pyridine rings is 1. The number of hydrogen-bond donors (Lipinski definition) is 2. The fourth-order valence-corrected chi connectivity index (χ4v) is 3.49. The minimum Gasteiger partial charge on any atom is -0.348 e. The lowest BCUT2D eigenvalue weighted by molar-refractivity contribution is 0.134. The van der Waals surface area contributed by atoms with Crippen LogP contribution < -0.4 is 5.32 Å². The zero-order chi connectivity index (χ0) is 17.8. The summed E-state index contributed by atoms with van der Waals surface area (Å²) in [5.74, 6) is 3.33. The maximum atomic E-state index is 4.73. The Bertz CT molecular complexity index is 832. The Morgan fingerprint density at radius 3 is 2.92 bits per heavy atom. The van der Waals surface area contributed by atoms with E-state index in [0.29, 0.717) is 0 Å². The molecule has 1 atom stereocenters. The molecule has 1 saturated heterocycles. The van der Waals surface area contributed by atoms with Gasteiger partial charge >= 0.3 is 0 Å². The van der Waals surface area contributed by atoms with Crippen molar-refractivity contribution >= 4 is 11.6 Å². The standard InChI is InChI=1S/C19H23N7/c1-14-23-15(12-18(24-14)25-17-7-2-4-8-20-17)16-6-3-5-11-26(16)13-19-21-9-10-22-19/h2,4,7-10,12,16H,3,5-6,11,13H2,1H3,(H,21,22)(H,20,23,24,25). The molecule has 0 bridgehead atoms. The van der Waals surface area contributed by atoms with Crippen LogP contribution in [0.15, 0.2) is 42.9 Å². The Hall–Kier alpha value is -2.80. The van der Waals surface area contributed by atoms with Gasteiger partial charge in [-0.05, 0) is 38.4 Å². The highest BCUT2D eigenvalue weighted by Gasteiger charge is 2.26. The van der Waals surface area contributed by atoms with Gasteiger partial charge in [0, 0.05) is 24.7 Å². The van der Waals surface area contributed by atoms with Crippen molar-refractivity contribution in [1.82, 2.24) is 29.8 Å². The van der Waals surface area contributed by atoms with E-state index in [9.17, 15) is 0 Å². The smallest absolute Gasteiger partial charge is 0.135 e.